The van der Waals surface area contributed by atoms with Crippen molar-refractivity contribution in [3.8, 4) is 17.2 Å². The van der Waals surface area contributed by atoms with E-state index in [0.717, 1.165) is 29.2 Å². The van der Waals surface area contributed by atoms with E-state index in [1.54, 1.807) is 14.2 Å². The van der Waals surface area contributed by atoms with Crippen molar-refractivity contribution in [2.45, 2.75) is 38.8 Å². The summed E-state index contributed by atoms with van der Waals surface area (Å²) in [7, 11) is 3.25. The summed E-state index contributed by atoms with van der Waals surface area (Å²) in [6, 6.07) is 11.9. The summed E-state index contributed by atoms with van der Waals surface area (Å²) < 4.78 is 16.8. The molecule has 144 valence electrons. The molecule has 3 rings (SSSR count). The Morgan fingerprint density at radius 1 is 1.15 bits per heavy atom. The van der Waals surface area contributed by atoms with Crippen LogP contribution < -0.4 is 24.8 Å². The topological polar surface area (TPSA) is 51.8 Å². The van der Waals surface area contributed by atoms with E-state index < -0.39 is 0 Å². The number of rotatable bonds is 4. The van der Waals surface area contributed by atoms with Gasteiger partial charge >= 0.3 is 0 Å². The van der Waals surface area contributed by atoms with Gasteiger partial charge in [-0.25, -0.2) is 0 Å². The molecular weight excluding hydrogens is 360 g/mol. The molecule has 1 unspecified atom stereocenters. The molecule has 6 heteroatoms. The fraction of sp³-hybridized carbons (Fsp3) is 0.381. The summed E-state index contributed by atoms with van der Waals surface area (Å²) in [5.74, 6) is 2.31. The van der Waals surface area contributed by atoms with Crippen molar-refractivity contribution in [3.63, 3.8) is 0 Å². The normalized spacial score (nSPS) is 17.3. The second-order valence-corrected chi connectivity index (χ2v) is 7.73. The average Bonchev–Trinajstić information content (AvgIpc) is 2.60. The zero-order chi connectivity index (χ0) is 19.6. The molecule has 1 heterocycles. The van der Waals surface area contributed by atoms with Crippen LogP contribution in [0.5, 0.6) is 17.2 Å². The lowest BCUT2D eigenvalue weighted by atomic mass is 9.89. The second kappa shape index (κ2) is 7.64. The quantitative estimate of drug-likeness (QED) is 0.749. The van der Waals surface area contributed by atoms with Gasteiger partial charge in [0.15, 0.2) is 5.11 Å². The molecule has 1 atom stereocenters. The molecule has 27 heavy (non-hydrogen) atoms. The molecule has 0 fully saturated rings. The van der Waals surface area contributed by atoms with Gasteiger partial charge in [-0.05, 0) is 56.8 Å². The van der Waals surface area contributed by atoms with Crippen molar-refractivity contribution >= 4 is 23.0 Å². The minimum Gasteiger partial charge on any atom is -0.497 e. The van der Waals surface area contributed by atoms with Crippen molar-refractivity contribution in [2.75, 3.05) is 19.5 Å². The van der Waals surface area contributed by atoms with E-state index in [2.05, 4.69) is 49.6 Å². The average molecular weight is 387 g/mol. The van der Waals surface area contributed by atoms with Crippen LogP contribution in [0.1, 0.15) is 37.4 Å². The van der Waals surface area contributed by atoms with Crippen molar-refractivity contribution in [1.29, 1.82) is 0 Å². The van der Waals surface area contributed by atoms with Crippen LogP contribution in [0.4, 0.5) is 5.69 Å². The zero-order valence-corrected chi connectivity index (χ0v) is 17.2. The number of hydrogen-bond acceptors (Lipinski definition) is 4. The van der Waals surface area contributed by atoms with Crippen molar-refractivity contribution < 1.29 is 14.2 Å². The SMILES string of the molecule is COc1ccc(NC(=S)NC2CC(C)(C)Oc3cc(C)ccc32)c(OC)c1. The predicted octanol–water partition coefficient (Wildman–Crippen LogP) is 4.60. The number of thiocarbonyl (C=S) groups is 1. The van der Waals surface area contributed by atoms with Crippen molar-refractivity contribution in [2.24, 2.45) is 0 Å². The summed E-state index contributed by atoms with van der Waals surface area (Å²) in [5, 5.41) is 7.20. The Morgan fingerprint density at radius 3 is 2.63 bits per heavy atom. The maximum Gasteiger partial charge on any atom is 0.171 e. The molecule has 5 nitrogen and oxygen atoms in total. The van der Waals surface area contributed by atoms with Crippen LogP contribution in [0.15, 0.2) is 36.4 Å². The van der Waals surface area contributed by atoms with Crippen LogP contribution >= 0.6 is 12.2 Å². The maximum absolute atomic E-state index is 6.15. The third-order valence-corrected chi connectivity index (χ3v) is 4.81. The standard InChI is InChI=1S/C21H26N2O3S/c1-13-6-8-15-17(12-21(2,3)26-18(15)10-13)23-20(27)22-16-9-7-14(24-4)11-19(16)25-5/h6-11,17H,12H2,1-5H3,(H2,22,23,27). The second-order valence-electron chi connectivity index (χ2n) is 7.32. The van der Waals surface area contributed by atoms with E-state index in [1.807, 2.05) is 18.2 Å². The summed E-state index contributed by atoms with van der Waals surface area (Å²) in [5.41, 5.74) is 2.80. The van der Waals surface area contributed by atoms with Crippen molar-refractivity contribution in [1.82, 2.24) is 5.32 Å². The van der Waals surface area contributed by atoms with Gasteiger partial charge in [0.2, 0.25) is 0 Å². The highest BCUT2D eigenvalue weighted by Crippen LogP contribution is 2.40. The molecule has 0 amide bonds. The highest BCUT2D eigenvalue weighted by atomic mass is 32.1. The lowest BCUT2D eigenvalue weighted by Gasteiger charge is -2.38. The maximum atomic E-state index is 6.15. The molecule has 2 aromatic rings. The monoisotopic (exact) mass is 386 g/mol. The molecule has 0 aliphatic carbocycles. The fourth-order valence-electron chi connectivity index (χ4n) is 3.31. The largest absolute Gasteiger partial charge is 0.497 e. The number of methoxy groups -OCH3 is 2. The first-order valence-corrected chi connectivity index (χ1v) is 9.31. The van der Waals surface area contributed by atoms with E-state index in [-0.39, 0.29) is 11.6 Å². The third-order valence-electron chi connectivity index (χ3n) is 4.59. The van der Waals surface area contributed by atoms with Gasteiger partial charge in [0.05, 0.1) is 25.9 Å². The Labute approximate surface area is 166 Å². The number of aryl methyl sites for hydroxylation is 1. The van der Waals surface area contributed by atoms with Gasteiger partial charge in [-0.2, -0.15) is 0 Å². The molecule has 1 aliphatic rings. The smallest absolute Gasteiger partial charge is 0.171 e. The molecular formula is C21H26N2O3S. The van der Waals surface area contributed by atoms with Gasteiger partial charge in [-0.1, -0.05) is 12.1 Å². The number of nitrogens with one attached hydrogen (secondary N) is 2. The van der Waals surface area contributed by atoms with Crippen LogP contribution in [0.2, 0.25) is 0 Å². The van der Waals surface area contributed by atoms with Gasteiger partial charge in [0.1, 0.15) is 22.8 Å². The number of anilines is 1. The molecule has 0 spiro atoms. The van der Waals surface area contributed by atoms with Crippen LogP contribution in [-0.4, -0.2) is 24.9 Å². The summed E-state index contributed by atoms with van der Waals surface area (Å²) >= 11 is 5.57. The highest BCUT2D eigenvalue weighted by Gasteiger charge is 2.34. The molecule has 2 N–H and O–H groups in total. The van der Waals surface area contributed by atoms with Crippen molar-refractivity contribution in [3.05, 3.63) is 47.5 Å². The number of ether oxygens (including phenoxy) is 3. The Morgan fingerprint density at radius 2 is 1.93 bits per heavy atom. The first kappa shape index (κ1) is 19.3. The lowest BCUT2D eigenvalue weighted by molar-refractivity contribution is 0.0696. The fourth-order valence-corrected chi connectivity index (χ4v) is 3.56. The summed E-state index contributed by atoms with van der Waals surface area (Å²) in [6.07, 6.45) is 0.810. The van der Waals surface area contributed by atoms with Gasteiger partial charge < -0.3 is 24.8 Å². The van der Waals surface area contributed by atoms with Crippen LogP contribution in [0, 0.1) is 6.92 Å². The van der Waals surface area contributed by atoms with E-state index in [1.165, 1.54) is 5.56 Å². The minimum atomic E-state index is -0.272. The van der Waals surface area contributed by atoms with Gasteiger partial charge in [0.25, 0.3) is 0 Å². The number of fused-ring (bicyclic) bond motifs is 1. The Kier molecular flexibility index (Phi) is 5.46. The van der Waals surface area contributed by atoms with Crippen LogP contribution in [0.25, 0.3) is 0 Å². The molecule has 0 saturated carbocycles. The van der Waals surface area contributed by atoms with E-state index in [0.29, 0.717) is 10.9 Å². The summed E-state index contributed by atoms with van der Waals surface area (Å²) in [6.45, 7) is 6.25. The highest BCUT2D eigenvalue weighted by molar-refractivity contribution is 7.80. The van der Waals surface area contributed by atoms with Gasteiger partial charge in [-0.3, -0.25) is 0 Å². The first-order chi connectivity index (χ1) is 12.8. The van der Waals surface area contributed by atoms with Gasteiger partial charge in [-0.15, -0.1) is 0 Å². The van der Waals surface area contributed by atoms with E-state index >= 15 is 0 Å². The predicted molar refractivity (Wildman–Crippen MR) is 112 cm³/mol. The Bertz CT molecular complexity index is 851. The Balaban J connectivity index is 1.78. The number of benzene rings is 2. The third kappa shape index (κ3) is 4.45. The van der Waals surface area contributed by atoms with E-state index in [9.17, 15) is 0 Å². The molecule has 1 aliphatic heterocycles. The summed E-state index contributed by atoms with van der Waals surface area (Å²) in [4.78, 5) is 0. The number of hydrogen-bond donors (Lipinski definition) is 2. The van der Waals surface area contributed by atoms with Gasteiger partial charge in [0, 0.05) is 18.1 Å². The van der Waals surface area contributed by atoms with Crippen LogP contribution in [0.3, 0.4) is 0 Å². The molecule has 0 saturated heterocycles. The van der Waals surface area contributed by atoms with Crippen LogP contribution in [-0.2, 0) is 0 Å². The molecule has 0 aromatic heterocycles. The van der Waals surface area contributed by atoms with E-state index in [4.69, 9.17) is 26.4 Å². The lowest BCUT2D eigenvalue weighted by Crippen LogP contribution is -2.42. The molecule has 0 radical (unpaired) electrons. The zero-order valence-electron chi connectivity index (χ0n) is 16.4. The molecule has 0 bridgehead atoms. The molecule has 2 aromatic carbocycles. The Hall–Kier alpha value is -2.47. The first-order valence-electron chi connectivity index (χ1n) is 8.90. The minimum absolute atomic E-state index is 0.0635.